The molecule has 0 spiro atoms. The first-order valence-corrected chi connectivity index (χ1v) is 12.1. The number of carbonyl (C=O) groups excluding carboxylic acids is 1. The van der Waals surface area contributed by atoms with Crippen LogP contribution in [-0.2, 0) is 9.48 Å². The van der Waals surface area contributed by atoms with E-state index in [9.17, 15) is 4.79 Å². The number of hydrogen-bond donors (Lipinski definition) is 1. The average molecular weight is 461 g/mol. The third kappa shape index (κ3) is 4.71. The highest BCUT2D eigenvalue weighted by Crippen LogP contribution is 2.48. The molecule has 1 aromatic heterocycles. The van der Waals surface area contributed by atoms with Crippen molar-refractivity contribution in [3.05, 3.63) is 119 Å². The van der Waals surface area contributed by atoms with E-state index in [1.807, 2.05) is 11.8 Å². The van der Waals surface area contributed by atoms with Crippen molar-refractivity contribution >= 4 is 34.2 Å². The predicted molar refractivity (Wildman–Crippen MR) is 134 cm³/mol. The molecule has 162 valence electrons. The molecule has 6 heteroatoms. The highest BCUT2D eigenvalue weighted by atomic mass is 32.2. The van der Waals surface area contributed by atoms with Gasteiger partial charge in [0.2, 0.25) is 0 Å². The number of ether oxygens (including phenoxy) is 1. The zero-order valence-electron chi connectivity index (χ0n) is 17.7. The molecule has 3 aromatic carbocycles. The Labute approximate surface area is 196 Å². The van der Waals surface area contributed by atoms with E-state index in [2.05, 4.69) is 101 Å². The monoisotopic (exact) mass is 460 g/mol. The SMILES string of the molecule is COC(=O)c1cnc(NCCSC(c2ccccc2)(c2ccccc2)c2ccccc2)s1. The molecule has 4 rings (SSSR count). The van der Waals surface area contributed by atoms with Crippen LogP contribution in [-0.4, -0.2) is 30.4 Å². The van der Waals surface area contributed by atoms with Crippen LogP contribution in [0, 0.1) is 0 Å². The Balaban J connectivity index is 1.61. The summed E-state index contributed by atoms with van der Waals surface area (Å²) in [6.45, 7) is 0.715. The number of thioether (sulfide) groups is 1. The summed E-state index contributed by atoms with van der Waals surface area (Å²) in [5.41, 5.74) is 3.72. The second kappa shape index (κ2) is 10.5. The normalized spacial score (nSPS) is 11.2. The number of aromatic nitrogens is 1. The smallest absolute Gasteiger partial charge is 0.349 e. The largest absolute Gasteiger partial charge is 0.465 e. The third-order valence-electron chi connectivity index (χ3n) is 5.13. The van der Waals surface area contributed by atoms with Crippen LogP contribution >= 0.6 is 23.1 Å². The van der Waals surface area contributed by atoms with Gasteiger partial charge in [-0.25, -0.2) is 9.78 Å². The van der Waals surface area contributed by atoms with Crippen LogP contribution in [0.15, 0.2) is 97.2 Å². The van der Waals surface area contributed by atoms with Crippen molar-refractivity contribution < 1.29 is 9.53 Å². The predicted octanol–water partition coefficient (Wildman–Crippen LogP) is 6.07. The number of hydrogen-bond acceptors (Lipinski definition) is 6. The molecule has 0 amide bonds. The Hall–Kier alpha value is -3.09. The minimum Gasteiger partial charge on any atom is -0.465 e. The maximum Gasteiger partial charge on any atom is 0.349 e. The van der Waals surface area contributed by atoms with Crippen LogP contribution in [0.5, 0.6) is 0 Å². The number of rotatable bonds is 9. The Morgan fingerprint density at radius 2 is 1.41 bits per heavy atom. The lowest BCUT2D eigenvalue weighted by Gasteiger charge is -2.35. The van der Waals surface area contributed by atoms with Gasteiger partial charge in [-0.05, 0) is 16.7 Å². The molecule has 0 saturated heterocycles. The van der Waals surface area contributed by atoms with Crippen molar-refractivity contribution in [2.75, 3.05) is 24.7 Å². The minimum atomic E-state index is -0.360. The molecule has 0 saturated carbocycles. The molecule has 0 aliphatic rings. The molecule has 32 heavy (non-hydrogen) atoms. The van der Waals surface area contributed by atoms with Gasteiger partial charge in [-0.1, -0.05) is 102 Å². The van der Waals surface area contributed by atoms with Crippen LogP contribution in [0.4, 0.5) is 5.13 Å². The lowest BCUT2D eigenvalue weighted by atomic mass is 9.84. The summed E-state index contributed by atoms with van der Waals surface area (Å²) in [6.07, 6.45) is 1.55. The Morgan fingerprint density at radius 3 is 1.88 bits per heavy atom. The minimum absolute atomic E-state index is 0.342. The van der Waals surface area contributed by atoms with Gasteiger partial charge in [0.15, 0.2) is 5.13 Å². The van der Waals surface area contributed by atoms with Crippen LogP contribution in [0.2, 0.25) is 0 Å². The van der Waals surface area contributed by atoms with Crippen LogP contribution in [0.25, 0.3) is 0 Å². The standard InChI is InChI=1S/C26H24N2O2S2/c1-30-24(29)23-19-28-25(32-23)27-17-18-31-26(20-11-5-2-6-12-20,21-13-7-3-8-14-21)22-15-9-4-10-16-22/h2-16,19H,17-18H2,1H3,(H,27,28). The van der Waals surface area contributed by atoms with E-state index in [1.54, 1.807) is 6.20 Å². The van der Waals surface area contributed by atoms with Crippen molar-refractivity contribution in [1.82, 2.24) is 4.98 Å². The zero-order valence-corrected chi connectivity index (χ0v) is 19.4. The first kappa shape index (κ1) is 22.1. The second-order valence-electron chi connectivity index (χ2n) is 7.08. The highest BCUT2D eigenvalue weighted by molar-refractivity contribution is 8.00. The molecule has 0 bridgehead atoms. The molecule has 4 aromatic rings. The fourth-order valence-electron chi connectivity index (χ4n) is 3.68. The zero-order chi connectivity index (χ0) is 22.2. The number of benzene rings is 3. The maximum absolute atomic E-state index is 11.7. The van der Waals surface area contributed by atoms with Gasteiger partial charge in [0.1, 0.15) is 4.88 Å². The van der Waals surface area contributed by atoms with Gasteiger partial charge in [0, 0.05) is 12.3 Å². The molecule has 0 aliphatic heterocycles. The quantitative estimate of drug-likeness (QED) is 0.187. The fraction of sp³-hybridized carbons (Fsp3) is 0.154. The van der Waals surface area contributed by atoms with E-state index < -0.39 is 0 Å². The number of nitrogens with one attached hydrogen (secondary N) is 1. The second-order valence-corrected chi connectivity index (χ2v) is 9.42. The van der Waals surface area contributed by atoms with Crippen LogP contribution < -0.4 is 5.32 Å². The molecule has 0 aliphatic carbocycles. The lowest BCUT2D eigenvalue weighted by Crippen LogP contribution is -2.27. The first-order valence-electron chi connectivity index (χ1n) is 10.3. The number of anilines is 1. The number of thiazole rings is 1. The van der Waals surface area contributed by atoms with E-state index in [0.29, 0.717) is 11.4 Å². The van der Waals surface area contributed by atoms with Gasteiger partial charge in [-0.2, -0.15) is 0 Å². The summed E-state index contributed by atoms with van der Waals surface area (Å²) >= 11 is 3.19. The summed E-state index contributed by atoms with van der Waals surface area (Å²) in [5.74, 6) is 0.479. The van der Waals surface area contributed by atoms with Crippen molar-refractivity contribution in [3.8, 4) is 0 Å². The summed E-state index contributed by atoms with van der Waals surface area (Å²) in [6, 6.07) is 31.9. The van der Waals surface area contributed by atoms with Gasteiger partial charge >= 0.3 is 5.97 Å². The first-order chi connectivity index (χ1) is 15.7. The Bertz CT molecular complexity index is 1040. The van der Waals surface area contributed by atoms with Gasteiger partial charge in [0.25, 0.3) is 0 Å². The van der Waals surface area contributed by atoms with Crippen LogP contribution in [0.3, 0.4) is 0 Å². The molecular weight excluding hydrogens is 436 g/mol. The molecule has 0 fully saturated rings. The van der Waals surface area contributed by atoms with Crippen molar-refractivity contribution in [1.29, 1.82) is 0 Å². The highest BCUT2D eigenvalue weighted by Gasteiger charge is 2.36. The fourth-order valence-corrected chi connectivity index (χ4v) is 5.86. The van der Waals surface area contributed by atoms with Crippen molar-refractivity contribution in [2.24, 2.45) is 0 Å². The average Bonchev–Trinajstić information content (AvgIpc) is 3.34. The summed E-state index contributed by atoms with van der Waals surface area (Å²) in [4.78, 5) is 16.5. The van der Waals surface area contributed by atoms with Crippen molar-refractivity contribution in [2.45, 2.75) is 4.75 Å². The number of methoxy groups -OCH3 is 1. The molecule has 0 unspecified atom stereocenters. The molecule has 0 atom stereocenters. The van der Waals surface area contributed by atoms with E-state index in [4.69, 9.17) is 4.74 Å². The van der Waals surface area contributed by atoms with Gasteiger partial charge in [0.05, 0.1) is 18.1 Å². The maximum atomic E-state index is 11.7. The molecule has 4 nitrogen and oxygen atoms in total. The van der Waals surface area contributed by atoms with Gasteiger partial charge < -0.3 is 10.1 Å². The lowest BCUT2D eigenvalue weighted by molar-refractivity contribution is 0.0606. The number of esters is 1. The summed E-state index contributed by atoms with van der Waals surface area (Å²) < 4.78 is 4.42. The number of nitrogens with zero attached hydrogens (tertiary/aromatic N) is 1. The number of carbonyl (C=O) groups is 1. The molecule has 1 N–H and O–H groups in total. The van der Waals surface area contributed by atoms with Gasteiger partial charge in [-0.3, -0.25) is 0 Å². The van der Waals surface area contributed by atoms with Gasteiger partial charge in [-0.15, -0.1) is 11.8 Å². The summed E-state index contributed by atoms with van der Waals surface area (Å²) in [7, 11) is 1.38. The Morgan fingerprint density at radius 1 is 0.906 bits per heavy atom. The summed E-state index contributed by atoms with van der Waals surface area (Å²) in [5, 5.41) is 4.07. The van der Waals surface area contributed by atoms with Crippen LogP contribution in [0.1, 0.15) is 26.4 Å². The van der Waals surface area contributed by atoms with E-state index >= 15 is 0 Å². The van der Waals surface area contributed by atoms with Crippen molar-refractivity contribution in [3.63, 3.8) is 0 Å². The van der Waals surface area contributed by atoms with E-state index in [-0.39, 0.29) is 10.7 Å². The van der Waals surface area contributed by atoms with E-state index in [1.165, 1.54) is 35.1 Å². The van der Waals surface area contributed by atoms with E-state index in [0.717, 1.165) is 10.9 Å². The third-order valence-corrected chi connectivity index (χ3v) is 7.61. The molecule has 1 heterocycles. The topological polar surface area (TPSA) is 51.2 Å². The Kier molecular flexibility index (Phi) is 7.24. The molecule has 0 radical (unpaired) electrons. The molecular formula is C26H24N2O2S2.